The van der Waals surface area contributed by atoms with Crippen LogP contribution in [0.25, 0.3) is 0 Å². The third kappa shape index (κ3) is 4.08. The Morgan fingerprint density at radius 2 is 1.67 bits per heavy atom. The van der Waals surface area contributed by atoms with Gasteiger partial charge in [-0.3, -0.25) is 4.79 Å². The highest BCUT2D eigenvalue weighted by Gasteiger charge is 2.50. The van der Waals surface area contributed by atoms with E-state index in [1.54, 1.807) is 0 Å². The van der Waals surface area contributed by atoms with Crippen molar-refractivity contribution in [3.05, 3.63) is 35.9 Å². The fourth-order valence-corrected chi connectivity index (χ4v) is 2.13. The average molecular weight is 290 g/mol. The molecule has 0 atom stereocenters. The Morgan fingerprint density at radius 3 is 2.24 bits per heavy atom. The van der Waals surface area contributed by atoms with Gasteiger partial charge in [-0.1, -0.05) is 30.3 Å². The summed E-state index contributed by atoms with van der Waals surface area (Å²) < 4.78 is 16.9. The molecule has 114 valence electrons. The van der Waals surface area contributed by atoms with Crippen LogP contribution in [-0.2, 0) is 25.4 Å². The van der Waals surface area contributed by atoms with Crippen LogP contribution < -0.4 is 0 Å². The van der Waals surface area contributed by atoms with Crippen molar-refractivity contribution in [2.24, 2.45) is 0 Å². The molecule has 21 heavy (non-hydrogen) atoms. The fraction of sp³-hybridized carbons (Fsp3) is 0.562. The molecule has 0 saturated carbocycles. The van der Waals surface area contributed by atoms with Gasteiger partial charge < -0.3 is 14.0 Å². The number of hydrogen-bond acceptors (Lipinski definition) is 4. The molecule has 1 aliphatic rings. The standard InChI is InChI=1S/C16H23BO4/c1-15(2)16(3,4)21-17(20-15)11-10-14(18)19-12-13-8-6-5-7-9-13/h5-9H,10-12H2,1-4H3. The van der Waals surface area contributed by atoms with Gasteiger partial charge in [0, 0.05) is 6.42 Å². The van der Waals surface area contributed by atoms with Crippen molar-refractivity contribution >= 4 is 13.1 Å². The van der Waals surface area contributed by atoms with Crippen LogP contribution in [0.1, 0.15) is 39.7 Å². The Balaban J connectivity index is 1.73. The predicted molar refractivity (Wildman–Crippen MR) is 81.7 cm³/mol. The van der Waals surface area contributed by atoms with Gasteiger partial charge in [-0.2, -0.15) is 0 Å². The molecule has 0 unspecified atom stereocenters. The van der Waals surface area contributed by atoms with Crippen molar-refractivity contribution in [2.75, 3.05) is 0 Å². The highest BCUT2D eigenvalue weighted by atomic mass is 16.7. The predicted octanol–water partition coefficient (Wildman–Crippen LogP) is 3.21. The summed E-state index contributed by atoms with van der Waals surface area (Å²) in [6.45, 7) is 8.31. The maximum absolute atomic E-state index is 11.8. The SMILES string of the molecule is CC1(C)OB(CCC(=O)OCc2ccccc2)OC1(C)C. The van der Waals surface area contributed by atoms with E-state index in [4.69, 9.17) is 14.0 Å². The van der Waals surface area contributed by atoms with Gasteiger partial charge in [-0.05, 0) is 39.6 Å². The zero-order chi connectivity index (χ0) is 15.5. The van der Waals surface area contributed by atoms with Crippen molar-refractivity contribution in [3.63, 3.8) is 0 Å². The second kappa shape index (κ2) is 6.20. The van der Waals surface area contributed by atoms with E-state index >= 15 is 0 Å². The topological polar surface area (TPSA) is 44.8 Å². The molecule has 0 bridgehead atoms. The smallest absolute Gasteiger partial charge is 0.458 e. The van der Waals surface area contributed by atoms with Crippen molar-refractivity contribution in [3.8, 4) is 0 Å². The first-order valence-electron chi connectivity index (χ1n) is 7.35. The zero-order valence-electron chi connectivity index (χ0n) is 13.2. The molecule has 1 heterocycles. The molecule has 4 nitrogen and oxygen atoms in total. The van der Waals surface area contributed by atoms with Crippen molar-refractivity contribution in [2.45, 2.75) is 58.2 Å². The molecular formula is C16H23BO4. The van der Waals surface area contributed by atoms with Gasteiger partial charge >= 0.3 is 13.1 Å². The van der Waals surface area contributed by atoms with E-state index in [0.29, 0.717) is 19.3 Å². The fourth-order valence-electron chi connectivity index (χ4n) is 2.13. The largest absolute Gasteiger partial charge is 0.461 e. The third-order valence-electron chi connectivity index (χ3n) is 4.13. The summed E-state index contributed by atoms with van der Waals surface area (Å²) in [6, 6.07) is 9.65. The summed E-state index contributed by atoms with van der Waals surface area (Å²) in [4.78, 5) is 11.8. The molecule has 1 saturated heterocycles. The van der Waals surface area contributed by atoms with E-state index in [-0.39, 0.29) is 24.3 Å². The molecule has 0 aliphatic carbocycles. The number of benzene rings is 1. The van der Waals surface area contributed by atoms with Gasteiger partial charge in [-0.25, -0.2) is 0 Å². The van der Waals surface area contributed by atoms with E-state index in [9.17, 15) is 4.79 Å². The summed E-state index contributed by atoms with van der Waals surface area (Å²) in [5.41, 5.74) is 0.276. The summed E-state index contributed by atoms with van der Waals surface area (Å²) in [5.74, 6) is -0.228. The summed E-state index contributed by atoms with van der Waals surface area (Å²) in [5, 5.41) is 0. The first-order valence-corrected chi connectivity index (χ1v) is 7.35. The van der Waals surface area contributed by atoms with Gasteiger partial charge in [0.2, 0.25) is 0 Å². The highest BCUT2D eigenvalue weighted by Crippen LogP contribution is 2.37. The molecule has 1 aliphatic heterocycles. The van der Waals surface area contributed by atoms with Crippen LogP contribution in [0, 0.1) is 0 Å². The molecule has 1 aromatic rings. The second-order valence-electron chi connectivity index (χ2n) is 6.37. The Morgan fingerprint density at radius 1 is 1.10 bits per heavy atom. The van der Waals surface area contributed by atoms with Gasteiger partial charge in [0.05, 0.1) is 11.2 Å². The molecular weight excluding hydrogens is 267 g/mol. The molecule has 1 fully saturated rings. The van der Waals surface area contributed by atoms with Crippen LogP contribution in [0.15, 0.2) is 30.3 Å². The van der Waals surface area contributed by atoms with Crippen LogP contribution in [0.2, 0.25) is 6.32 Å². The van der Waals surface area contributed by atoms with Crippen LogP contribution in [0.4, 0.5) is 0 Å². The Bertz CT molecular complexity index is 468. The Hall–Kier alpha value is -1.33. The molecule has 0 N–H and O–H groups in total. The summed E-state index contributed by atoms with van der Waals surface area (Å²) >= 11 is 0. The first kappa shape index (κ1) is 16.1. The summed E-state index contributed by atoms with van der Waals surface area (Å²) in [7, 11) is -0.348. The van der Waals surface area contributed by atoms with Crippen molar-refractivity contribution in [1.82, 2.24) is 0 Å². The van der Waals surface area contributed by atoms with E-state index in [0.717, 1.165) is 5.56 Å². The molecule has 2 rings (SSSR count). The molecule has 0 spiro atoms. The van der Waals surface area contributed by atoms with Crippen LogP contribution >= 0.6 is 0 Å². The number of esters is 1. The molecule has 0 amide bonds. The number of carbonyl (C=O) groups excluding carboxylic acids is 1. The maximum Gasteiger partial charge on any atom is 0.458 e. The lowest BCUT2D eigenvalue weighted by molar-refractivity contribution is -0.144. The lowest BCUT2D eigenvalue weighted by Gasteiger charge is -2.32. The van der Waals surface area contributed by atoms with Gasteiger partial charge in [0.15, 0.2) is 0 Å². The van der Waals surface area contributed by atoms with E-state index in [1.165, 1.54) is 0 Å². The quantitative estimate of drug-likeness (QED) is 0.617. The lowest BCUT2D eigenvalue weighted by atomic mass is 9.83. The monoisotopic (exact) mass is 290 g/mol. The maximum atomic E-state index is 11.8. The molecule has 1 aromatic carbocycles. The molecule has 0 radical (unpaired) electrons. The average Bonchev–Trinajstić information content (AvgIpc) is 2.63. The van der Waals surface area contributed by atoms with Crippen LogP contribution in [0.3, 0.4) is 0 Å². The second-order valence-corrected chi connectivity index (χ2v) is 6.37. The third-order valence-corrected chi connectivity index (χ3v) is 4.13. The van der Waals surface area contributed by atoms with Crippen LogP contribution in [-0.4, -0.2) is 24.3 Å². The van der Waals surface area contributed by atoms with Crippen molar-refractivity contribution in [1.29, 1.82) is 0 Å². The highest BCUT2D eigenvalue weighted by molar-refractivity contribution is 6.45. The Labute approximate surface area is 126 Å². The Kier molecular flexibility index (Phi) is 4.74. The number of rotatable bonds is 5. The lowest BCUT2D eigenvalue weighted by Crippen LogP contribution is -2.41. The summed E-state index contributed by atoms with van der Waals surface area (Å²) in [6.07, 6.45) is 0.810. The van der Waals surface area contributed by atoms with E-state index in [2.05, 4.69) is 0 Å². The minimum atomic E-state index is -0.356. The van der Waals surface area contributed by atoms with Crippen molar-refractivity contribution < 1.29 is 18.8 Å². The first-order chi connectivity index (χ1) is 9.80. The van der Waals surface area contributed by atoms with Gasteiger partial charge in [-0.15, -0.1) is 0 Å². The van der Waals surface area contributed by atoms with Gasteiger partial charge in [0.25, 0.3) is 0 Å². The molecule has 5 heteroatoms. The minimum Gasteiger partial charge on any atom is -0.461 e. The van der Waals surface area contributed by atoms with Crippen LogP contribution in [0.5, 0.6) is 0 Å². The number of ether oxygens (including phenoxy) is 1. The molecule has 0 aromatic heterocycles. The zero-order valence-corrected chi connectivity index (χ0v) is 13.2. The van der Waals surface area contributed by atoms with E-state index < -0.39 is 0 Å². The number of hydrogen-bond donors (Lipinski definition) is 0. The number of carbonyl (C=O) groups is 1. The normalized spacial score (nSPS) is 19.5. The van der Waals surface area contributed by atoms with Gasteiger partial charge in [0.1, 0.15) is 6.61 Å². The minimum absolute atomic E-state index is 0.228. The van der Waals surface area contributed by atoms with E-state index in [1.807, 2.05) is 58.0 Å².